The molecule has 2 aliphatic heterocycles. The van der Waals surface area contributed by atoms with Crippen LogP contribution in [-0.4, -0.2) is 30.0 Å². The van der Waals surface area contributed by atoms with Crippen LogP contribution in [0.4, 0.5) is 5.82 Å². The first kappa shape index (κ1) is 12.4. The number of pyridine rings is 1. The molecule has 0 spiro atoms. The average molecular weight is 260 g/mol. The van der Waals surface area contributed by atoms with Gasteiger partial charge in [0.05, 0.1) is 12.0 Å². The monoisotopic (exact) mass is 260 g/mol. The number of anilines is 1. The van der Waals surface area contributed by atoms with Crippen LogP contribution in [0.15, 0.2) is 12.1 Å². The third-order valence-electron chi connectivity index (χ3n) is 4.19. The summed E-state index contributed by atoms with van der Waals surface area (Å²) in [7, 11) is 0. The SMILES string of the molecule is Cc1ccc(CN)c(N2CCCC3C(=O)NCC32)n1. The molecule has 102 valence electrons. The van der Waals surface area contributed by atoms with Crippen LogP contribution in [0.1, 0.15) is 24.1 Å². The summed E-state index contributed by atoms with van der Waals surface area (Å²) in [6, 6.07) is 4.28. The van der Waals surface area contributed by atoms with Crippen LogP contribution in [0.25, 0.3) is 0 Å². The molecule has 0 bridgehead atoms. The van der Waals surface area contributed by atoms with Crippen molar-refractivity contribution >= 4 is 11.7 Å². The van der Waals surface area contributed by atoms with E-state index >= 15 is 0 Å². The third-order valence-corrected chi connectivity index (χ3v) is 4.19. The summed E-state index contributed by atoms with van der Waals surface area (Å²) in [5.41, 5.74) is 7.88. The maximum absolute atomic E-state index is 11.8. The highest BCUT2D eigenvalue weighted by atomic mass is 16.2. The molecule has 1 amide bonds. The molecular weight excluding hydrogens is 240 g/mol. The first-order chi connectivity index (χ1) is 9.20. The molecule has 5 heteroatoms. The Morgan fingerprint density at radius 3 is 3.16 bits per heavy atom. The number of piperidine rings is 1. The Labute approximate surface area is 113 Å². The number of rotatable bonds is 2. The van der Waals surface area contributed by atoms with Crippen LogP contribution < -0.4 is 16.0 Å². The van der Waals surface area contributed by atoms with E-state index in [2.05, 4.69) is 15.2 Å². The van der Waals surface area contributed by atoms with Gasteiger partial charge in [-0.2, -0.15) is 0 Å². The number of nitrogens with one attached hydrogen (secondary N) is 1. The number of nitrogens with two attached hydrogens (primary N) is 1. The van der Waals surface area contributed by atoms with Crippen molar-refractivity contribution in [1.82, 2.24) is 10.3 Å². The van der Waals surface area contributed by atoms with Crippen molar-refractivity contribution in [3.63, 3.8) is 0 Å². The Kier molecular flexibility index (Phi) is 3.14. The van der Waals surface area contributed by atoms with E-state index in [9.17, 15) is 4.79 Å². The predicted molar refractivity (Wildman–Crippen MR) is 73.7 cm³/mol. The number of fused-ring (bicyclic) bond motifs is 1. The second kappa shape index (κ2) is 4.81. The van der Waals surface area contributed by atoms with E-state index in [-0.39, 0.29) is 17.9 Å². The van der Waals surface area contributed by atoms with Crippen molar-refractivity contribution in [3.8, 4) is 0 Å². The van der Waals surface area contributed by atoms with Gasteiger partial charge in [-0.25, -0.2) is 4.98 Å². The van der Waals surface area contributed by atoms with E-state index in [4.69, 9.17) is 5.73 Å². The molecule has 0 radical (unpaired) electrons. The second-order valence-electron chi connectivity index (χ2n) is 5.39. The number of nitrogens with zero attached hydrogens (tertiary/aromatic N) is 2. The second-order valence-corrected chi connectivity index (χ2v) is 5.39. The van der Waals surface area contributed by atoms with Crippen LogP contribution >= 0.6 is 0 Å². The van der Waals surface area contributed by atoms with Gasteiger partial charge in [-0.05, 0) is 25.8 Å². The maximum atomic E-state index is 11.8. The van der Waals surface area contributed by atoms with Gasteiger partial charge < -0.3 is 16.0 Å². The topological polar surface area (TPSA) is 71.2 Å². The maximum Gasteiger partial charge on any atom is 0.225 e. The highest BCUT2D eigenvalue weighted by molar-refractivity contribution is 5.83. The molecule has 0 aromatic carbocycles. The Morgan fingerprint density at radius 2 is 2.37 bits per heavy atom. The van der Waals surface area contributed by atoms with Crippen LogP contribution in [0.5, 0.6) is 0 Å². The van der Waals surface area contributed by atoms with Gasteiger partial charge in [0.25, 0.3) is 0 Å². The van der Waals surface area contributed by atoms with Crippen molar-refractivity contribution in [2.45, 2.75) is 32.4 Å². The molecule has 2 aliphatic rings. The summed E-state index contributed by atoms with van der Waals surface area (Å²) in [5.74, 6) is 1.27. The Balaban J connectivity index is 1.97. The van der Waals surface area contributed by atoms with E-state index in [1.807, 2.05) is 19.1 Å². The Morgan fingerprint density at radius 1 is 1.53 bits per heavy atom. The van der Waals surface area contributed by atoms with E-state index in [0.29, 0.717) is 6.54 Å². The van der Waals surface area contributed by atoms with Crippen molar-refractivity contribution in [1.29, 1.82) is 0 Å². The summed E-state index contributed by atoms with van der Waals surface area (Å²) in [4.78, 5) is 18.8. The third kappa shape index (κ3) is 2.08. The number of carbonyl (C=O) groups is 1. The number of hydrogen-bond donors (Lipinski definition) is 2. The zero-order valence-electron chi connectivity index (χ0n) is 11.2. The first-order valence-corrected chi connectivity index (χ1v) is 6.91. The molecule has 0 saturated carbocycles. The molecule has 2 unspecified atom stereocenters. The summed E-state index contributed by atoms with van der Waals surface area (Å²) in [5, 5.41) is 2.97. The van der Waals surface area contributed by atoms with Gasteiger partial charge in [0.2, 0.25) is 5.91 Å². The van der Waals surface area contributed by atoms with Crippen LogP contribution in [0.2, 0.25) is 0 Å². The fraction of sp³-hybridized carbons (Fsp3) is 0.571. The first-order valence-electron chi connectivity index (χ1n) is 6.91. The minimum Gasteiger partial charge on any atom is -0.354 e. The molecule has 3 N–H and O–H groups in total. The van der Waals surface area contributed by atoms with Crippen LogP contribution in [-0.2, 0) is 11.3 Å². The van der Waals surface area contributed by atoms with Gasteiger partial charge in [-0.3, -0.25) is 4.79 Å². The smallest absolute Gasteiger partial charge is 0.225 e. The van der Waals surface area contributed by atoms with Gasteiger partial charge in [0, 0.05) is 30.9 Å². The molecule has 2 saturated heterocycles. The molecule has 3 rings (SSSR count). The minimum atomic E-state index is 0.113. The number of aromatic nitrogens is 1. The van der Waals surface area contributed by atoms with E-state index in [1.54, 1.807) is 0 Å². The van der Waals surface area contributed by atoms with Gasteiger partial charge in [0.1, 0.15) is 5.82 Å². The normalized spacial score (nSPS) is 26.2. The van der Waals surface area contributed by atoms with Crippen molar-refractivity contribution in [2.75, 3.05) is 18.0 Å². The number of aryl methyl sites for hydroxylation is 1. The highest BCUT2D eigenvalue weighted by Crippen LogP contribution is 2.32. The molecule has 0 aliphatic carbocycles. The minimum absolute atomic E-state index is 0.113. The fourth-order valence-corrected chi connectivity index (χ4v) is 3.19. The lowest BCUT2D eigenvalue weighted by Gasteiger charge is -2.37. The van der Waals surface area contributed by atoms with Gasteiger partial charge in [-0.15, -0.1) is 0 Å². The zero-order valence-corrected chi connectivity index (χ0v) is 11.2. The van der Waals surface area contributed by atoms with Crippen LogP contribution in [0, 0.1) is 12.8 Å². The predicted octanol–water partition coefficient (Wildman–Crippen LogP) is 0.564. The summed E-state index contributed by atoms with van der Waals surface area (Å²) < 4.78 is 0. The lowest BCUT2D eigenvalue weighted by molar-refractivity contribution is -0.122. The molecule has 5 nitrogen and oxygen atoms in total. The Bertz CT molecular complexity index is 502. The van der Waals surface area contributed by atoms with E-state index < -0.39 is 0 Å². The van der Waals surface area contributed by atoms with E-state index in [1.165, 1.54) is 0 Å². The largest absolute Gasteiger partial charge is 0.354 e. The van der Waals surface area contributed by atoms with Gasteiger partial charge in [0.15, 0.2) is 0 Å². The lowest BCUT2D eigenvalue weighted by atomic mass is 9.91. The Hall–Kier alpha value is -1.62. The van der Waals surface area contributed by atoms with Gasteiger partial charge in [-0.1, -0.05) is 6.07 Å². The average Bonchev–Trinajstić information content (AvgIpc) is 2.81. The lowest BCUT2D eigenvalue weighted by Crippen LogP contribution is -2.46. The summed E-state index contributed by atoms with van der Waals surface area (Å²) in [6.07, 6.45) is 2.02. The molecule has 1 aromatic rings. The molecule has 1 aromatic heterocycles. The standard InChI is InChI=1S/C14H20N4O/c1-9-4-5-10(7-15)13(17-9)18-6-2-3-11-12(18)8-16-14(11)19/h4-5,11-12H,2-3,6-8,15H2,1H3,(H,16,19). The van der Waals surface area contributed by atoms with Gasteiger partial charge >= 0.3 is 0 Å². The van der Waals surface area contributed by atoms with Crippen LogP contribution in [0.3, 0.4) is 0 Å². The quantitative estimate of drug-likeness (QED) is 0.815. The number of hydrogen-bond acceptors (Lipinski definition) is 4. The molecule has 2 fully saturated rings. The summed E-state index contributed by atoms with van der Waals surface area (Å²) in [6.45, 7) is 4.16. The summed E-state index contributed by atoms with van der Waals surface area (Å²) >= 11 is 0. The van der Waals surface area contributed by atoms with Crippen molar-refractivity contribution in [2.24, 2.45) is 11.7 Å². The van der Waals surface area contributed by atoms with E-state index in [0.717, 1.165) is 43.0 Å². The fourth-order valence-electron chi connectivity index (χ4n) is 3.19. The van der Waals surface area contributed by atoms with Crippen molar-refractivity contribution < 1.29 is 4.79 Å². The molecule has 3 heterocycles. The molecular formula is C14H20N4O. The molecule has 2 atom stereocenters. The number of carbonyl (C=O) groups excluding carboxylic acids is 1. The highest BCUT2D eigenvalue weighted by Gasteiger charge is 2.41. The number of amides is 1. The van der Waals surface area contributed by atoms with Crippen molar-refractivity contribution in [3.05, 3.63) is 23.4 Å². The zero-order chi connectivity index (χ0) is 13.4. The molecule has 19 heavy (non-hydrogen) atoms.